The van der Waals surface area contributed by atoms with Crippen LogP contribution in [0.1, 0.15) is 64.2 Å². The molecule has 0 bridgehead atoms. The van der Waals surface area contributed by atoms with Crippen LogP contribution in [0.2, 0.25) is 0 Å². The Labute approximate surface area is 221 Å². The van der Waals surface area contributed by atoms with Crippen molar-refractivity contribution in [3.63, 3.8) is 0 Å². The molecule has 0 radical (unpaired) electrons. The van der Waals surface area contributed by atoms with Gasteiger partial charge in [0, 0.05) is 16.5 Å². The van der Waals surface area contributed by atoms with E-state index in [0.29, 0.717) is 6.42 Å². The largest absolute Gasteiger partial charge is 0.203 e. The van der Waals surface area contributed by atoms with Crippen molar-refractivity contribution < 1.29 is 17.6 Å². The molecule has 0 nitrogen and oxygen atoms in total. The van der Waals surface area contributed by atoms with Crippen molar-refractivity contribution >= 4 is 32.3 Å². The fourth-order valence-corrected chi connectivity index (χ4v) is 5.92. The van der Waals surface area contributed by atoms with Gasteiger partial charge in [0.1, 0.15) is 0 Å². The number of halogens is 4. The van der Waals surface area contributed by atoms with Gasteiger partial charge in [-0.2, -0.15) is 0 Å². The molecule has 5 rings (SSSR count). The standard InChI is InChI=1S/C34H32F4/c1-6-33(3,4)27-29(35)31(37)28(32(38)30(27)36)34(5,7-2)19-20-13-12-18-25-23-15-9-8-14-21(23)22-16-10-11-17-24(22)26(20)25/h8-18H,6-7,19H2,1-5H3. The molecule has 0 saturated carbocycles. The summed E-state index contributed by atoms with van der Waals surface area (Å²) in [4.78, 5) is 0. The summed E-state index contributed by atoms with van der Waals surface area (Å²) in [5.41, 5.74) is -2.41. The highest BCUT2D eigenvalue weighted by atomic mass is 19.2. The average Bonchev–Trinajstić information content (AvgIpc) is 2.92. The van der Waals surface area contributed by atoms with Gasteiger partial charge in [0.2, 0.25) is 0 Å². The molecular formula is C34H32F4. The quantitative estimate of drug-likeness (QED) is 0.120. The molecule has 0 N–H and O–H groups in total. The van der Waals surface area contributed by atoms with E-state index >= 15 is 17.6 Å². The number of rotatable bonds is 6. The molecule has 0 aliphatic rings. The van der Waals surface area contributed by atoms with Crippen LogP contribution in [-0.4, -0.2) is 0 Å². The molecular weight excluding hydrogens is 484 g/mol. The van der Waals surface area contributed by atoms with E-state index in [1.54, 1.807) is 34.6 Å². The summed E-state index contributed by atoms with van der Waals surface area (Å²) in [5.74, 6) is -5.17. The summed E-state index contributed by atoms with van der Waals surface area (Å²) >= 11 is 0. The lowest BCUT2D eigenvalue weighted by molar-refractivity contribution is 0.341. The molecule has 0 aliphatic carbocycles. The van der Waals surface area contributed by atoms with Crippen LogP contribution in [0.3, 0.4) is 0 Å². The van der Waals surface area contributed by atoms with Gasteiger partial charge < -0.3 is 0 Å². The second-order valence-electron chi connectivity index (χ2n) is 11.3. The average molecular weight is 517 g/mol. The molecule has 0 saturated heterocycles. The first-order valence-corrected chi connectivity index (χ1v) is 13.2. The van der Waals surface area contributed by atoms with Crippen molar-refractivity contribution in [3.8, 4) is 0 Å². The summed E-state index contributed by atoms with van der Waals surface area (Å²) in [6, 6.07) is 22.2. The van der Waals surface area contributed by atoms with Crippen LogP contribution < -0.4 is 0 Å². The van der Waals surface area contributed by atoms with Gasteiger partial charge in [-0.05, 0) is 62.6 Å². The zero-order valence-corrected chi connectivity index (χ0v) is 22.5. The Balaban J connectivity index is 1.78. The number of benzene rings is 5. The van der Waals surface area contributed by atoms with Gasteiger partial charge in [-0.25, -0.2) is 17.6 Å². The third-order valence-corrected chi connectivity index (χ3v) is 8.64. The van der Waals surface area contributed by atoms with E-state index in [0.717, 1.165) is 37.9 Å². The van der Waals surface area contributed by atoms with Crippen LogP contribution in [0.5, 0.6) is 0 Å². The van der Waals surface area contributed by atoms with E-state index in [2.05, 4.69) is 30.3 Å². The zero-order valence-electron chi connectivity index (χ0n) is 22.5. The van der Waals surface area contributed by atoms with Crippen molar-refractivity contribution in [1.29, 1.82) is 0 Å². The van der Waals surface area contributed by atoms with Gasteiger partial charge in [0.15, 0.2) is 23.3 Å². The molecule has 0 heterocycles. The Morgan fingerprint density at radius 3 is 1.42 bits per heavy atom. The van der Waals surface area contributed by atoms with Crippen LogP contribution >= 0.6 is 0 Å². The summed E-state index contributed by atoms with van der Waals surface area (Å²) in [7, 11) is 0. The lowest BCUT2D eigenvalue weighted by Crippen LogP contribution is -2.31. The van der Waals surface area contributed by atoms with Crippen LogP contribution in [0.25, 0.3) is 32.3 Å². The van der Waals surface area contributed by atoms with Crippen molar-refractivity contribution in [2.75, 3.05) is 0 Å². The predicted octanol–water partition coefficient (Wildman–Crippen LogP) is 10.3. The Morgan fingerprint density at radius 2 is 0.947 bits per heavy atom. The molecule has 5 aromatic rings. The van der Waals surface area contributed by atoms with E-state index in [1.165, 1.54) is 0 Å². The van der Waals surface area contributed by atoms with Gasteiger partial charge in [-0.3, -0.25) is 0 Å². The van der Waals surface area contributed by atoms with Crippen molar-refractivity contribution in [2.45, 2.75) is 64.7 Å². The second kappa shape index (κ2) is 9.41. The maximum Gasteiger partial charge on any atom is 0.166 e. The van der Waals surface area contributed by atoms with Crippen LogP contribution in [0, 0.1) is 23.3 Å². The van der Waals surface area contributed by atoms with Crippen molar-refractivity contribution in [3.05, 3.63) is 107 Å². The SMILES string of the molecule is CCC(C)(C)c1c(F)c(F)c(C(C)(CC)Cc2cccc3c4ccccc4c4ccccc4c23)c(F)c1F. The Kier molecular flexibility index (Phi) is 6.49. The molecule has 0 amide bonds. The molecule has 1 unspecified atom stereocenters. The first kappa shape index (κ1) is 26.2. The van der Waals surface area contributed by atoms with E-state index in [9.17, 15) is 0 Å². The molecule has 0 fully saturated rings. The molecule has 4 heteroatoms. The minimum absolute atomic E-state index is 0.215. The summed E-state index contributed by atoms with van der Waals surface area (Å²) in [6.45, 7) is 8.43. The summed E-state index contributed by atoms with van der Waals surface area (Å²) < 4.78 is 62.4. The third-order valence-electron chi connectivity index (χ3n) is 8.64. The first-order chi connectivity index (χ1) is 18.1. The Morgan fingerprint density at radius 1 is 0.526 bits per heavy atom. The first-order valence-electron chi connectivity index (χ1n) is 13.2. The Hall–Kier alpha value is -3.40. The fraction of sp³-hybridized carbons (Fsp3) is 0.294. The van der Waals surface area contributed by atoms with Crippen molar-refractivity contribution in [2.24, 2.45) is 0 Å². The lowest BCUT2D eigenvalue weighted by atomic mass is 9.72. The molecule has 38 heavy (non-hydrogen) atoms. The lowest BCUT2D eigenvalue weighted by Gasteiger charge is -2.33. The number of hydrogen-bond acceptors (Lipinski definition) is 0. The second-order valence-corrected chi connectivity index (χ2v) is 11.3. The molecule has 0 spiro atoms. The molecule has 1 atom stereocenters. The zero-order chi connectivity index (χ0) is 27.4. The molecule has 0 aromatic heterocycles. The van der Waals surface area contributed by atoms with Crippen LogP contribution in [0.15, 0.2) is 66.7 Å². The summed E-state index contributed by atoms with van der Waals surface area (Å²) in [6.07, 6.45) is 0.839. The van der Waals surface area contributed by atoms with Gasteiger partial charge >= 0.3 is 0 Å². The fourth-order valence-electron chi connectivity index (χ4n) is 5.92. The highest BCUT2D eigenvalue weighted by Crippen LogP contribution is 2.44. The van der Waals surface area contributed by atoms with Gasteiger partial charge in [0.05, 0.1) is 0 Å². The molecule has 5 aromatic carbocycles. The highest BCUT2D eigenvalue weighted by molar-refractivity contribution is 6.26. The van der Waals surface area contributed by atoms with Gasteiger partial charge in [-0.15, -0.1) is 0 Å². The monoisotopic (exact) mass is 516 g/mol. The number of hydrogen-bond donors (Lipinski definition) is 0. The van der Waals surface area contributed by atoms with E-state index < -0.39 is 45.2 Å². The smallest absolute Gasteiger partial charge is 0.166 e. The maximum absolute atomic E-state index is 15.7. The van der Waals surface area contributed by atoms with Gasteiger partial charge in [0.25, 0.3) is 0 Å². The Bertz CT molecular complexity index is 1620. The molecule has 0 aliphatic heterocycles. The minimum atomic E-state index is -1.29. The van der Waals surface area contributed by atoms with Crippen LogP contribution in [0.4, 0.5) is 17.6 Å². The van der Waals surface area contributed by atoms with Gasteiger partial charge in [-0.1, -0.05) is 101 Å². The minimum Gasteiger partial charge on any atom is -0.203 e. The van der Waals surface area contributed by atoms with E-state index in [4.69, 9.17) is 0 Å². The summed E-state index contributed by atoms with van der Waals surface area (Å²) in [5, 5.41) is 6.36. The predicted molar refractivity (Wildman–Crippen MR) is 150 cm³/mol. The normalized spacial score (nSPS) is 13.9. The third kappa shape index (κ3) is 3.88. The van der Waals surface area contributed by atoms with Crippen LogP contribution in [-0.2, 0) is 17.3 Å². The molecule has 196 valence electrons. The highest BCUT2D eigenvalue weighted by Gasteiger charge is 2.40. The topological polar surface area (TPSA) is 0 Å². The van der Waals surface area contributed by atoms with Crippen molar-refractivity contribution in [1.82, 2.24) is 0 Å². The van der Waals surface area contributed by atoms with E-state index in [1.807, 2.05) is 36.4 Å². The number of fused-ring (bicyclic) bond motifs is 6. The maximum atomic E-state index is 15.7. The van der Waals surface area contributed by atoms with E-state index in [-0.39, 0.29) is 12.8 Å².